The minimum atomic E-state index is 0.165. The molecular formula is C14H13NO. The second-order valence-corrected chi connectivity index (χ2v) is 4.00. The van der Waals surface area contributed by atoms with Crippen molar-refractivity contribution in [2.45, 2.75) is 12.5 Å². The highest BCUT2D eigenvalue weighted by molar-refractivity contribution is 5.95. The minimum absolute atomic E-state index is 0.165. The Balaban J connectivity index is 1.81. The monoisotopic (exact) mass is 211 g/mol. The average molecular weight is 211 g/mol. The van der Waals surface area contributed by atoms with Gasteiger partial charge in [0.2, 0.25) is 5.90 Å². The van der Waals surface area contributed by atoms with Crippen molar-refractivity contribution in [3.05, 3.63) is 59.7 Å². The highest BCUT2D eigenvalue weighted by atomic mass is 16.5. The molecule has 1 heterocycles. The molecule has 3 rings (SSSR count). The van der Waals surface area contributed by atoms with E-state index in [-0.39, 0.29) is 6.04 Å². The van der Waals surface area contributed by atoms with Crippen LogP contribution in [0.5, 0.6) is 0 Å². The standard InChI is InChI=1S/C14H13NO/c1-2-6-11(7-3-1)13-10-16-14(15-13)12-8-4-5-9-12/h1-8,13H,9-10H2/t13-/m0/s1. The van der Waals surface area contributed by atoms with Crippen LogP contribution in [0.4, 0.5) is 0 Å². The molecule has 16 heavy (non-hydrogen) atoms. The highest BCUT2D eigenvalue weighted by Crippen LogP contribution is 2.26. The lowest BCUT2D eigenvalue weighted by Crippen LogP contribution is -2.01. The lowest BCUT2D eigenvalue weighted by atomic mass is 10.1. The fourth-order valence-corrected chi connectivity index (χ4v) is 2.00. The summed E-state index contributed by atoms with van der Waals surface area (Å²) in [7, 11) is 0. The van der Waals surface area contributed by atoms with Crippen LogP contribution in [-0.2, 0) is 4.74 Å². The van der Waals surface area contributed by atoms with Crippen LogP contribution in [-0.4, -0.2) is 12.5 Å². The molecule has 0 saturated carbocycles. The van der Waals surface area contributed by atoms with E-state index < -0.39 is 0 Å². The molecule has 1 aliphatic heterocycles. The highest BCUT2D eigenvalue weighted by Gasteiger charge is 2.22. The van der Waals surface area contributed by atoms with Crippen molar-refractivity contribution < 1.29 is 4.74 Å². The molecule has 2 heteroatoms. The zero-order valence-corrected chi connectivity index (χ0v) is 8.97. The van der Waals surface area contributed by atoms with Crippen molar-refractivity contribution >= 4 is 5.90 Å². The van der Waals surface area contributed by atoms with Crippen molar-refractivity contribution in [3.8, 4) is 0 Å². The maximum absolute atomic E-state index is 5.65. The fraction of sp³-hybridized carbons (Fsp3) is 0.214. The maximum Gasteiger partial charge on any atom is 0.213 e. The zero-order chi connectivity index (χ0) is 10.8. The smallest absolute Gasteiger partial charge is 0.213 e. The molecular weight excluding hydrogens is 198 g/mol. The molecule has 0 N–H and O–H groups in total. The molecule has 1 atom stereocenters. The van der Waals surface area contributed by atoms with Crippen molar-refractivity contribution in [3.63, 3.8) is 0 Å². The Morgan fingerprint density at radius 3 is 2.81 bits per heavy atom. The van der Waals surface area contributed by atoms with Gasteiger partial charge in [0, 0.05) is 5.57 Å². The molecule has 0 bridgehead atoms. The Morgan fingerprint density at radius 1 is 1.19 bits per heavy atom. The molecule has 0 unspecified atom stereocenters. The lowest BCUT2D eigenvalue weighted by Gasteiger charge is -2.03. The molecule has 0 aromatic heterocycles. The second-order valence-electron chi connectivity index (χ2n) is 4.00. The number of nitrogens with zero attached hydrogens (tertiary/aromatic N) is 1. The van der Waals surface area contributed by atoms with Gasteiger partial charge in [-0.1, -0.05) is 48.6 Å². The Labute approximate surface area is 95.0 Å². The summed E-state index contributed by atoms with van der Waals surface area (Å²) in [4.78, 5) is 4.63. The SMILES string of the molecule is C1=CCC(C2=N[C@H](c3ccccc3)CO2)=C1. The Hall–Kier alpha value is -1.83. The van der Waals surface area contributed by atoms with Gasteiger partial charge in [0.05, 0.1) is 0 Å². The number of benzene rings is 1. The van der Waals surface area contributed by atoms with Gasteiger partial charge in [-0.05, 0) is 12.0 Å². The van der Waals surface area contributed by atoms with Crippen molar-refractivity contribution in [2.24, 2.45) is 4.99 Å². The summed E-state index contributed by atoms with van der Waals surface area (Å²) in [5, 5.41) is 0. The van der Waals surface area contributed by atoms with Gasteiger partial charge in [-0.25, -0.2) is 4.99 Å². The number of ether oxygens (including phenoxy) is 1. The minimum Gasteiger partial charge on any atom is -0.475 e. The number of allylic oxidation sites excluding steroid dienone is 3. The average Bonchev–Trinajstić information content (AvgIpc) is 3.01. The van der Waals surface area contributed by atoms with Crippen LogP contribution in [0.15, 0.2) is 59.1 Å². The molecule has 0 fully saturated rings. The van der Waals surface area contributed by atoms with Crippen LogP contribution in [0.25, 0.3) is 0 Å². The van der Waals surface area contributed by atoms with Crippen LogP contribution in [0.1, 0.15) is 18.0 Å². The molecule has 0 saturated heterocycles. The first-order valence-electron chi connectivity index (χ1n) is 5.55. The zero-order valence-electron chi connectivity index (χ0n) is 8.97. The number of hydrogen-bond donors (Lipinski definition) is 0. The summed E-state index contributed by atoms with van der Waals surface area (Å²) in [5.41, 5.74) is 2.42. The fourth-order valence-electron chi connectivity index (χ4n) is 2.00. The molecule has 1 aromatic rings. The first-order chi connectivity index (χ1) is 7.93. The predicted molar refractivity (Wildman–Crippen MR) is 64.4 cm³/mol. The first kappa shape index (κ1) is 9.40. The van der Waals surface area contributed by atoms with Gasteiger partial charge in [0.15, 0.2) is 0 Å². The third kappa shape index (κ3) is 1.67. The van der Waals surface area contributed by atoms with Gasteiger partial charge >= 0.3 is 0 Å². The van der Waals surface area contributed by atoms with Gasteiger partial charge in [-0.3, -0.25) is 0 Å². The van der Waals surface area contributed by atoms with E-state index in [0.29, 0.717) is 6.61 Å². The van der Waals surface area contributed by atoms with Crippen LogP contribution >= 0.6 is 0 Å². The molecule has 2 nitrogen and oxygen atoms in total. The molecule has 1 aromatic carbocycles. The Morgan fingerprint density at radius 2 is 2.06 bits per heavy atom. The van der Waals surface area contributed by atoms with E-state index in [1.54, 1.807) is 0 Å². The molecule has 1 aliphatic carbocycles. The number of rotatable bonds is 2. The third-order valence-corrected chi connectivity index (χ3v) is 2.88. The van der Waals surface area contributed by atoms with Gasteiger partial charge in [-0.15, -0.1) is 0 Å². The van der Waals surface area contributed by atoms with E-state index in [1.807, 2.05) is 18.2 Å². The van der Waals surface area contributed by atoms with Crippen LogP contribution in [0, 0.1) is 0 Å². The topological polar surface area (TPSA) is 21.6 Å². The predicted octanol–water partition coefficient (Wildman–Crippen LogP) is 3.04. The van der Waals surface area contributed by atoms with Crippen molar-refractivity contribution in [1.29, 1.82) is 0 Å². The van der Waals surface area contributed by atoms with E-state index in [0.717, 1.165) is 12.3 Å². The third-order valence-electron chi connectivity index (χ3n) is 2.88. The summed E-state index contributed by atoms with van der Waals surface area (Å²) in [6.45, 7) is 0.663. The Bertz CT molecular complexity index is 471. The van der Waals surface area contributed by atoms with Crippen LogP contribution in [0.3, 0.4) is 0 Å². The van der Waals surface area contributed by atoms with E-state index >= 15 is 0 Å². The maximum atomic E-state index is 5.65. The van der Waals surface area contributed by atoms with E-state index in [9.17, 15) is 0 Å². The molecule has 0 spiro atoms. The number of hydrogen-bond acceptors (Lipinski definition) is 2. The normalized spacial score (nSPS) is 22.9. The van der Waals surface area contributed by atoms with Crippen molar-refractivity contribution in [2.75, 3.05) is 6.61 Å². The Kier molecular flexibility index (Phi) is 2.33. The summed E-state index contributed by atoms with van der Waals surface area (Å²) >= 11 is 0. The first-order valence-corrected chi connectivity index (χ1v) is 5.55. The quantitative estimate of drug-likeness (QED) is 0.736. The van der Waals surface area contributed by atoms with Gasteiger partial charge in [-0.2, -0.15) is 0 Å². The van der Waals surface area contributed by atoms with E-state index in [2.05, 4.69) is 35.4 Å². The summed E-state index contributed by atoms with van der Waals surface area (Å²) < 4.78 is 5.65. The van der Waals surface area contributed by atoms with Crippen molar-refractivity contribution in [1.82, 2.24) is 0 Å². The van der Waals surface area contributed by atoms with E-state index in [4.69, 9.17) is 4.74 Å². The molecule has 0 radical (unpaired) electrons. The van der Waals surface area contributed by atoms with Crippen LogP contribution in [0.2, 0.25) is 0 Å². The largest absolute Gasteiger partial charge is 0.475 e. The second kappa shape index (κ2) is 3.97. The van der Waals surface area contributed by atoms with Crippen LogP contribution < -0.4 is 0 Å². The molecule has 2 aliphatic rings. The summed E-state index contributed by atoms with van der Waals surface area (Å²) in [6.07, 6.45) is 7.20. The van der Waals surface area contributed by atoms with E-state index in [1.165, 1.54) is 11.1 Å². The summed E-state index contributed by atoms with van der Waals surface area (Å²) in [6, 6.07) is 10.5. The lowest BCUT2D eigenvalue weighted by molar-refractivity contribution is 0.319. The van der Waals surface area contributed by atoms with Gasteiger partial charge in [0.25, 0.3) is 0 Å². The van der Waals surface area contributed by atoms with Gasteiger partial charge < -0.3 is 4.74 Å². The van der Waals surface area contributed by atoms with Gasteiger partial charge in [0.1, 0.15) is 12.6 Å². The molecule has 80 valence electrons. The summed E-state index contributed by atoms with van der Waals surface area (Å²) in [5.74, 6) is 0.818. The molecule has 0 amide bonds. The number of aliphatic imine (C=N–C) groups is 1.